The van der Waals surface area contributed by atoms with Crippen LogP contribution in [-0.4, -0.2) is 29.8 Å². The normalized spacial score (nSPS) is 10.5. The maximum absolute atomic E-state index is 10.9. The van der Waals surface area contributed by atoms with Gasteiger partial charge in [0.05, 0.1) is 13.1 Å². The molecule has 0 fully saturated rings. The molecule has 0 heterocycles. The van der Waals surface area contributed by atoms with Crippen molar-refractivity contribution in [1.82, 2.24) is 4.90 Å². The minimum Gasteiger partial charge on any atom is -0.369 e. The van der Waals surface area contributed by atoms with Gasteiger partial charge in [0.2, 0.25) is 11.8 Å². The van der Waals surface area contributed by atoms with Gasteiger partial charge in [-0.3, -0.25) is 14.5 Å². The quantitative estimate of drug-likeness (QED) is 0.713. The van der Waals surface area contributed by atoms with E-state index in [0.29, 0.717) is 6.54 Å². The maximum atomic E-state index is 10.9. The molecule has 0 spiro atoms. The number of hydrogen-bond donors (Lipinski definition) is 2. The summed E-state index contributed by atoms with van der Waals surface area (Å²) < 4.78 is 0. The molecule has 92 valence electrons. The lowest BCUT2D eigenvalue weighted by molar-refractivity contribution is -0.122. The first-order chi connectivity index (χ1) is 7.99. The summed E-state index contributed by atoms with van der Waals surface area (Å²) in [5.41, 5.74) is 12.4. The molecular formula is C12H17N3O2. The van der Waals surface area contributed by atoms with E-state index in [1.165, 1.54) is 0 Å². The Labute approximate surface area is 100 Å². The standard InChI is InChI=1S/C12H17N3O2/c1-9-4-2-3-5-10(9)6-15(7-11(13)16)8-12(14)17/h2-5H,6-8H2,1H3,(H2,13,16)(H2,14,17). The lowest BCUT2D eigenvalue weighted by atomic mass is 10.1. The van der Waals surface area contributed by atoms with E-state index in [4.69, 9.17) is 11.5 Å². The van der Waals surface area contributed by atoms with E-state index in [9.17, 15) is 9.59 Å². The van der Waals surface area contributed by atoms with E-state index in [2.05, 4.69) is 0 Å². The number of amides is 2. The molecule has 0 aliphatic carbocycles. The summed E-state index contributed by atoms with van der Waals surface area (Å²) in [5.74, 6) is -0.945. The van der Waals surface area contributed by atoms with Crippen LogP contribution in [0.5, 0.6) is 0 Å². The van der Waals surface area contributed by atoms with E-state index < -0.39 is 11.8 Å². The Morgan fingerprint density at radius 1 is 1.12 bits per heavy atom. The molecule has 2 amide bonds. The minimum absolute atomic E-state index is 0.0251. The molecule has 0 aliphatic heterocycles. The van der Waals surface area contributed by atoms with Crippen LogP contribution in [0.25, 0.3) is 0 Å². The Hall–Kier alpha value is -1.88. The highest BCUT2D eigenvalue weighted by molar-refractivity contribution is 5.79. The summed E-state index contributed by atoms with van der Waals surface area (Å²) in [5, 5.41) is 0. The third kappa shape index (κ3) is 4.65. The van der Waals surface area contributed by atoms with Crippen LogP contribution in [-0.2, 0) is 16.1 Å². The fraction of sp³-hybridized carbons (Fsp3) is 0.333. The van der Waals surface area contributed by atoms with Crippen molar-refractivity contribution in [3.8, 4) is 0 Å². The molecule has 17 heavy (non-hydrogen) atoms. The molecule has 0 bridgehead atoms. The summed E-state index contributed by atoms with van der Waals surface area (Å²) in [6, 6.07) is 7.77. The van der Waals surface area contributed by atoms with Crippen molar-refractivity contribution < 1.29 is 9.59 Å². The molecule has 0 atom stereocenters. The third-order valence-electron chi connectivity index (χ3n) is 2.41. The summed E-state index contributed by atoms with van der Waals surface area (Å²) in [4.78, 5) is 23.4. The van der Waals surface area contributed by atoms with Gasteiger partial charge in [0.15, 0.2) is 0 Å². The van der Waals surface area contributed by atoms with Crippen LogP contribution < -0.4 is 11.5 Å². The highest BCUT2D eigenvalue weighted by atomic mass is 16.2. The SMILES string of the molecule is Cc1ccccc1CN(CC(N)=O)CC(N)=O. The molecule has 0 saturated heterocycles. The van der Waals surface area contributed by atoms with Crippen LogP contribution >= 0.6 is 0 Å². The molecule has 1 aromatic carbocycles. The first-order valence-electron chi connectivity index (χ1n) is 5.32. The average molecular weight is 235 g/mol. The second kappa shape index (κ2) is 6.00. The second-order valence-electron chi connectivity index (χ2n) is 4.00. The van der Waals surface area contributed by atoms with Gasteiger partial charge in [-0.15, -0.1) is 0 Å². The molecule has 0 radical (unpaired) electrons. The summed E-state index contributed by atoms with van der Waals surface area (Å²) in [7, 11) is 0. The van der Waals surface area contributed by atoms with Gasteiger partial charge in [-0.2, -0.15) is 0 Å². The molecule has 4 N–H and O–H groups in total. The van der Waals surface area contributed by atoms with Crippen molar-refractivity contribution in [2.24, 2.45) is 11.5 Å². The molecule has 0 unspecified atom stereocenters. The molecular weight excluding hydrogens is 218 g/mol. The number of hydrogen-bond acceptors (Lipinski definition) is 3. The van der Waals surface area contributed by atoms with E-state index in [1.807, 2.05) is 31.2 Å². The first-order valence-corrected chi connectivity index (χ1v) is 5.32. The number of nitrogens with two attached hydrogens (primary N) is 2. The number of primary amides is 2. The van der Waals surface area contributed by atoms with Crippen molar-refractivity contribution in [2.75, 3.05) is 13.1 Å². The van der Waals surface area contributed by atoms with Crippen molar-refractivity contribution in [3.63, 3.8) is 0 Å². The van der Waals surface area contributed by atoms with Gasteiger partial charge in [0, 0.05) is 6.54 Å². The topological polar surface area (TPSA) is 89.4 Å². The number of carbonyl (C=O) groups excluding carboxylic acids is 2. The fourth-order valence-corrected chi connectivity index (χ4v) is 1.64. The first kappa shape index (κ1) is 13.2. The monoisotopic (exact) mass is 235 g/mol. The van der Waals surface area contributed by atoms with Gasteiger partial charge < -0.3 is 11.5 Å². The summed E-state index contributed by atoms with van der Waals surface area (Å²) in [6.45, 7) is 2.51. The highest BCUT2D eigenvalue weighted by Crippen LogP contribution is 2.09. The highest BCUT2D eigenvalue weighted by Gasteiger charge is 2.12. The Morgan fingerprint density at radius 3 is 2.12 bits per heavy atom. The number of nitrogens with zero attached hydrogens (tertiary/aromatic N) is 1. The molecule has 1 rings (SSSR count). The molecule has 0 saturated carbocycles. The van der Waals surface area contributed by atoms with Crippen molar-refractivity contribution in [1.29, 1.82) is 0 Å². The van der Waals surface area contributed by atoms with Gasteiger partial charge in [-0.25, -0.2) is 0 Å². The summed E-state index contributed by atoms with van der Waals surface area (Å²) >= 11 is 0. The zero-order chi connectivity index (χ0) is 12.8. The number of benzene rings is 1. The van der Waals surface area contributed by atoms with Crippen LogP contribution in [0.3, 0.4) is 0 Å². The Morgan fingerprint density at radius 2 is 1.65 bits per heavy atom. The van der Waals surface area contributed by atoms with Crippen LogP contribution in [0.2, 0.25) is 0 Å². The van der Waals surface area contributed by atoms with Gasteiger partial charge in [-0.05, 0) is 18.1 Å². The Bertz CT molecular complexity index is 402. The van der Waals surface area contributed by atoms with Crippen molar-refractivity contribution in [2.45, 2.75) is 13.5 Å². The zero-order valence-corrected chi connectivity index (χ0v) is 9.85. The minimum atomic E-state index is -0.472. The van der Waals surface area contributed by atoms with Crippen molar-refractivity contribution in [3.05, 3.63) is 35.4 Å². The molecule has 0 aliphatic rings. The van der Waals surface area contributed by atoms with Crippen LogP contribution in [0, 0.1) is 6.92 Å². The third-order valence-corrected chi connectivity index (χ3v) is 2.41. The van der Waals surface area contributed by atoms with E-state index >= 15 is 0 Å². The molecule has 0 aromatic heterocycles. The summed E-state index contributed by atoms with van der Waals surface area (Å²) in [6.07, 6.45) is 0. The van der Waals surface area contributed by atoms with E-state index in [1.54, 1.807) is 4.90 Å². The Kier molecular flexibility index (Phi) is 4.66. The number of carbonyl (C=O) groups is 2. The van der Waals surface area contributed by atoms with Gasteiger partial charge in [0.25, 0.3) is 0 Å². The van der Waals surface area contributed by atoms with E-state index in [0.717, 1.165) is 11.1 Å². The smallest absolute Gasteiger partial charge is 0.231 e. The lowest BCUT2D eigenvalue weighted by Crippen LogP contribution is -2.39. The molecule has 5 nitrogen and oxygen atoms in total. The molecule has 5 heteroatoms. The van der Waals surface area contributed by atoms with Crippen LogP contribution in [0.15, 0.2) is 24.3 Å². The second-order valence-corrected chi connectivity index (χ2v) is 4.00. The van der Waals surface area contributed by atoms with Crippen LogP contribution in [0.1, 0.15) is 11.1 Å². The zero-order valence-electron chi connectivity index (χ0n) is 9.85. The van der Waals surface area contributed by atoms with Gasteiger partial charge in [0.1, 0.15) is 0 Å². The largest absolute Gasteiger partial charge is 0.369 e. The maximum Gasteiger partial charge on any atom is 0.231 e. The van der Waals surface area contributed by atoms with Crippen LogP contribution in [0.4, 0.5) is 0 Å². The predicted molar refractivity (Wildman–Crippen MR) is 64.8 cm³/mol. The predicted octanol–water partition coefficient (Wildman–Crippen LogP) is -0.232. The lowest BCUT2D eigenvalue weighted by Gasteiger charge is -2.19. The van der Waals surface area contributed by atoms with Gasteiger partial charge >= 0.3 is 0 Å². The number of rotatable bonds is 6. The Balaban J connectivity index is 2.75. The van der Waals surface area contributed by atoms with Gasteiger partial charge in [-0.1, -0.05) is 24.3 Å². The number of aryl methyl sites for hydroxylation is 1. The van der Waals surface area contributed by atoms with Crippen molar-refractivity contribution >= 4 is 11.8 Å². The molecule has 1 aromatic rings. The average Bonchev–Trinajstić information content (AvgIpc) is 2.19. The fourth-order valence-electron chi connectivity index (χ4n) is 1.64. The van der Waals surface area contributed by atoms with E-state index in [-0.39, 0.29) is 13.1 Å².